The highest BCUT2D eigenvalue weighted by Gasteiger charge is 2.32. The summed E-state index contributed by atoms with van der Waals surface area (Å²) in [4.78, 5) is 0. The van der Waals surface area contributed by atoms with Crippen LogP contribution in [0.4, 0.5) is 13.2 Å². The first kappa shape index (κ1) is 11.1. The van der Waals surface area contributed by atoms with Gasteiger partial charge in [-0.05, 0) is 23.3 Å². The molecule has 0 unspecified atom stereocenters. The smallest absolute Gasteiger partial charge is 0.416 e. The van der Waals surface area contributed by atoms with E-state index in [9.17, 15) is 13.2 Å². The summed E-state index contributed by atoms with van der Waals surface area (Å²) < 4.78 is 43.2. The Labute approximate surface area is 102 Å². The number of hydrogen-bond acceptors (Lipinski definition) is 1. The second-order valence-electron chi connectivity index (χ2n) is 4.15. The van der Waals surface area contributed by atoms with Gasteiger partial charge in [0.05, 0.1) is 5.56 Å². The van der Waals surface area contributed by atoms with Crippen molar-refractivity contribution in [2.24, 2.45) is 0 Å². The van der Waals surface area contributed by atoms with Gasteiger partial charge in [-0.3, -0.25) is 0 Å². The SMILES string of the molecule is FC(F)(F)c1ccc2c(c1)OCc1ccccc1-2. The van der Waals surface area contributed by atoms with E-state index in [0.29, 0.717) is 17.9 Å². The van der Waals surface area contributed by atoms with Crippen LogP contribution in [0.15, 0.2) is 42.5 Å². The molecular weight excluding hydrogens is 241 g/mol. The highest BCUT2D eigenvalue weighted by atomic mass is 19.4. The van der Waals surface area contributed by atoms with Gasteiger partial charge in [0.2, 0.25) is 0 Å². The predicted octanol–water partition coefficient (Wildman–Crippen LogP) is 4.26. The molecule has 2 aromatic rings. The van der Waals surface area contributed by atoms with Crippen molar-refractivity contribution in [3.8, 4) is 16.9 Å². The molecule has 1 nitrogen and oxygen atoms in total. The van der Waals surface area contributed by atoms with Crippen LogP contribution in [0.2, 0.25) is 0 Å². The zero-order chi connectivity index (χ0) is 12.8. The van der Waals surface area contributed by atoms with E-state index < -0.39 is 11.7 Å². The van der Waals surface area contributed by atoms with Gasteiger partial charge in [0.25, 0.3) is 0 Å². The van der Waals surface area contributed by atoms with E-state index in [1.807, 2.05) is 24.3 Å². The molecule has 0 bridgehead atoms. The van der Waals surface area contributed by atoms with Crippen LogP contribution < -0.4 is 4.74 Å². The molecule has 1 aliphatic rings. The Kier molecular flexibility index (Phi) is 2.33. The second kappa shape index (κ2) is 3.77. The van der Waals surface area contributed by atoms with E-state index in [1.165, 1.54) is 6.07 Å². The first-order valence-corrected chi connectivity index (χ1v) is 5.48. The fourth-order valence-corrected chi connectivity index (χ4v) is 2.11. The lowest BCUT2D eigenvalue weighted by Gasteiger charge is -2.21. The topological polar surface area (TPSA) is 9.23 Å². The lowest BCUT2D eigenvalue weighted by Crippen LogP contribution is -2.09. The minimum absolute atomic E-state index is 0.295. The molecule has 2 aromatic carbocycles. The Morgan fingerprint density at radius 1 is 0.944 bits per heavy atom. The number of halogens is 3. The molecule has 3 rings (SSSR count). The Hall–Kier alpha value is -1.97. The maximum atomic E-state index is 12.6. The number of alkyl halides is 3. The van der Waals surface area contributed by atoms with E-state index in [4.69, 9.17) is 4.74 Å². The lowest BCUT2D eigenvalue weighted by atomic mass is 9.96. The van der Waals surface area contributed by atoms with Crippen molar-refractivity contribution < 1.29 is 17.9 Å². The summed E-state index contributed by atoms with van der Waals surface area (Å²) in [5.74, 6) is 0.295. The van der Waals surface area contributed by atoms with Crippen molar-refractivity contribution in [1.29, 1.82) is 0 Å². The van der Waals surface area contributed by atoms with Crippen molar-refractivity contribution in [2.45, 2.75) is 12.8 Å². The average molecular weight is 250 g/mol. The summed E-state index contributed by atoms with van der Waals surface area (Å²) in [6, 6.07) is 11.2. The van der Waals surface area contributed by atoms with Crippen molar-refractivity contribution in [3.63, 3.8) is 0 Å². The molecular formula is C14H9F3O. The van der Waals surface area contributed by atoms with Crippen LogP contribution in [0, 0.1) is 0 Å². The van der Waals surface area contributed by atoms with Crippen LogP contribution in [0.25, 0.3) is 11.1 Å². The average Bonchev–Trinajstić information content (AvgIpc) is 2.37. The molecule has 0 radical (unpaired) electrons. The monoisotopic (exact) mass is 250 g/mol. The Morgan fingerprint density at radius 3 is 2.50 bits per heavy atom. The summed E-state index contributed by atoms with van der Waals surface area (Å²) >= 11 is 0. The Bertz CT molecular complexity index is 602. The van der Waals surface area contributed by atoms with E-state index in [1.54, 1.807) is 0 Å². The number of rotatable bonds is 0. The van der Waals surface area contributed by atoms with Crippen LogP contribution in [0.3, 0.4) is 0 Å². The van der Waals surface area contributed by atoms with E-state index in [-0.39, 0.29) is 0 Å². The van der Waals surface area contributed by atoms with Gasteiger partial charge in [0.1, 0.15) is 12.4 Å². The molecule has 0 fully saturated rings. The maximum absolute atomic E-state index is 12.6. The van der Waals surface area contributed by atoms with Gasteiger partial charge in [0, 0.05) is 5.56 Å². The summed E-state index contributed by atoms with van der Waals surface area (Å²) in [6.45, 7) is 0.310. The van der Waals surface area contributed by atoms with Gasteiger partial charge in [0.15, 0.2) is 0 Å². The quantitative estimate of drug-likeness (QED) is 0.678. The summed E-state index contributed by atoms with van der Waals surface area (Å²) in [5.41, 5.74) is 1.96. The highest BCUT2D eigenvalue weighted by molar-refractivity contribution is 5.75. The van der Waals surface area contributed by atoms with Gasteiger partial charge in [-0.1, -0.05) is 30.3 Å². The zero-order valence-corrected chi connectivity index (χ0v) is 9.29. The van der Waals surface area contributed by atoms with Crippen LogP contribution in [-0.2, 0) is 12.8 Å². The highest BCUT2D eigenvalue weighted by Crippen LogP contribution is 2.40. The van der Waals surface area contributed by atoms with E-state index in [2.05, 4.69) is 0 Å². The third-order valence-electron chi connectivity index (χ3n) is 3.00. The van der Waals surface area contributed by atoms with Crippen molar-refractivity contribution >= 4 is 0 Å². The molecule has 0 saturated carbocycles. The summed E-state index contributed by atoms with van der Waals surface area (Å²) in [6.07, 6.45) is -4.34. The Balaban J connectivity index is 2.14. The third kappa shape index (κ3) is 1.74. The molecule has 18 heavy (non-hydrogen) atoms. The molecule has 0 N–H and O–H groups in total. The lowest BCUT2D eigenvalue weighted by molar-refractivity contribution is -0.137. The molecule has 92 valence electrons. The van der Waals surface area contributed by atoms with Gasteiger partial charge >= 0.3 is 6.18 Å². The normalized spacial score (nSPS) is 13.5. The minimum atomic E-state index is -4.34. The minimum Gasteiger partial charge on any atom is -0.488 e. The predicted molar refractivity (Wildman–Crippen MR) is 61.2 cm³/mol. The molecule has 1 aliphatic heterocycles. The maximum Gasteiger partial charge on any atom is 0.416 e. The summed E-state index contributed by atoms with van der Waals surface area (Å²) in [7, 11) is 0. The largest absolute Gasteiger partial charge is 0.488 e. The molecule has 0 aliphatic carbocycles. The number of fused-ring (bicyclic) bond motifs is 3. The van der Waals surface area contributed by atoms with Crippen molar-refractivity contribution in [2.75, 3.05) is 0 Å². The molecule has 0 saturated heterocycles. The van der Waals surface area contributed by atoms with E-state index in [0.717, 1.165) is 23.3 Å². The van der Waals surface area contributed by atoms with E-state index >= 15 is 0 Å². The van der Waals surface area contributed by atoms with Crippen LogP contribution in [0.1, 0.15) is 11.1 Å². The molecule has 0 atom stereocenters. The second-order valence-corrected chi connectivity index (χ2v) is 4.15. The zero-order valence-electron chi connectivity index (χ0n) is 9.29. The van der Waals surface area contributed by atoms with Gasteiger partial charge < -0.3 is 4.74 Å². The van der Waals surface area contributed by atoms with Crippen LogP contribution in [0.5, 0.6) is 5.75 Å². The first-order chi connectivity index (χ1) is 8.55. The van der Waals surface area contributed by atoms with Gasteiger partial charge in [-0.25, -0.2) is 0 Å². The van der Waals surface area contributed by atoms with Crippen LogP contribution in [-0.4, -0.2) is 0 Å². The molecule has 0 aromatic heterocycles. The first-order valence-electron chi connectivity index (χ1n) is 5.48. The van der Waals surface area contributed by atoms with Crippen molar-refractivity contribution in [1.82, 2.24) is 0 Å². The molecule has 4 heteroatoms. The summed E-state index contributed by atoms with van der Waals surface area (Å²) in [5, 5.41) is 0. The fraction of sp³-hybridized carbons (Fsp3) is 0.143. The van der Waals surface area contributed by atoms with Gasteiger partial charge in [-0.2, -0.15) is 13.2 Å². The standard InChI is InChI=1S/C14H9F3O/c15-14(16,17)10-5-6-12-11-4-2-1-3-9(11)8-18-13(12)7-10/h1-7H,8H2. The van der Waals surface area contributed by atoms with Gasteiger partial charge in [-0.15, -0.1) is 0 Å². The number of benzene rings is 2. The number of hydrogen-bond donors (Lipinski definition) is 0. The molecule has 1 heterocycles. The Morgan fingerprint density at radius 2 is 1.72 bits per heavy atom. The fourth-order valence-electron chi connectivity index (χ4n) is 2.11. The third-order valence-corrected chi connectivity index (χ3v) is 3.00. The number of ether oxygens (including phenoxy) is 1. The molecule has 0 spiro atoms. The van der Waals surface area contributed by atoms with Crippen molar-refractivity contribution in [3.05, 3.63) is 53.6 Å². The molecule has 0 amide bonds. The van der Waals surface area contributed by atoms with Crippen LogP contribution >= 0.6 is 0 Å².